The number of carbonyl (C=O) groups excluding carboxylic acids is 1. The minimum atomic E-state index is -0.358. The van der Waals surface area contributed by atoms with Crippen molar-refractivity contribution in [3.05, 3.63) is 70.2 Å². The Labute approximate surface area is 132 Å². The van der Waals surface area contributed by atoms with Crippen molar-refractivity contribution in [1.29, 1.82) is 0 Å². The molecule has 2 aromatic carbocycles. The van der Waals surface area contributed by atoms with E-state index in [0.717, 1.165) is 22.3 Å². The summed E-state index contributed by atoms with van der Waals surface area (Å²) in [6, 6.07) is 16.0. The van der Waals surface area contributed by atoms with E-state index in [1.54, 1.807) is 6.08 Å². The van der Waals surface area contributed by atoms with Crippen LogP contribution in [-0.2, 0) is 16.1 Å². The van der Waals surface area contributed by atoms with Crippen LogP contribution in [0.2, 0.25) is 0 Å². The first-order valence-electron chi connectivity index (χ1n) is 6.52. The summed E-state index contributed by atoms with van der Waals surface area (Å²) in [4.78, 5) is 11.1. The number of halogens is 1. The molecule has 0 atom stereocenters. The van der Waals surface area contributed by atoms with E-state index >= 15 is 0 Å². The Kier molecular flexibility index (Phi) is 5.58. The van der Waals surface area contributed by atoms with E-state index in [1.807, 2.05) is 36.4 Å². The molecule has 21 heavy (non-hydrogen) atoms. The Morgan fingerprint density at radius 2 is 2.00 bits per heavy atom. The van der Waals surface area contributed by atoms with Gasteiger partial charge >= 0.3 is 5.97 Å². The van der Waals surface area contributed by atoms with Gasteiger partial charge in [0.2, 0.25) is 0 Å². The Morgan fingerprint density at radius 3 is 2.71 bits per heavy atom. The molecule has 0 unspecified atom stereocenters. The number of hydrogen-bond donors (Lipinski definition) is 1. The third-order valence-corrected chi connectivity index (χ3v) is 3.44. The number of anilines is 1. The van der Waals surface area contributed by atoms with Gasteiger partial charge in [0.15, 0.2) is 0 Å². The first kappa shape index (κ1) is 15.3. The van der Waals surface area contributed by atoms with Gasteiger partial charge in [0.1, 0.15) is 0 Å². The quantitative estimate of drug-likeness (QED) is 0.650. The molecule has 0 amide bonds. The summed E-state index contributed by atoms with van der Waals surface area (Å²) in [5, 5.41) is 3.36. The maximum Gasteiger partial charge on any atom is 0.330 e. The van der Waals surface area contributed by atoms with Gasteiger partial charge in [-0.3, -0.25) is 0 Å². The van der Waals surface area contributed by atoms with E-state index in [0.29, 0.717) is 0 Å². The van der Waals surface area contributed by atoms with E-state index in [1.165, 1.54) is 18.7 Å². The third kappa shape index (κ3) is 5.08. The Balaban J connectivity index is 1.99. The second-order valence-electron chi connectivity index (χ2n) is 4.46. The molecule has 0 aliphatic carbocycles. The van der Waals surface area contributed by atoms with Crippen LogP contribution >= 0.6 is 15.9 Å². The molecule has 2 aromatic rings. The minimum Gasteiger partial charge on any atom is -0.466 e. The lowest BCUT2D eigenvalue weighted by atomic mass is 10.1. The summed E-state index contributed by atoms with van der Waals surface area (Å²) in [5.41, 5.74) is 3.15. The average Bonchev–Trinajstić information content (AvgIpc) is 2.52. The zero-order valence-corrected chi connectivity index (χ0v) is 13.3. The van der Waals surface area contributed by atoms with E-state index in [-0.39, 0.29) is 5.97 Å². The van der Waals surface area contributed by atoms with Crippen molar-refractivity contribution in [2.24, 2.45) is 0 Å². The number of nitrogens with one attached hydrogen (secondary N) is 1. The van der Waals surface area contributed by atoms with Crippen molar-refractivity contribution in [2.45, 2.75) is 6.54 Å². The molecule has 4 heteroatoms. The molecule has 0 aliphatic heterocycles. The molecule has 0 heterocycles. The summed E-state index contributed by atoms with van der Waals surface area (Å²) in [5.74, 6) is -0.358. The van der Waals surface area contributed by atoms with Crippen molar-refractivity contribution in [2.75, 3.05) is 12.4 Å². The fraction of sp³-hybridized carbons (Fsp3) is 0.118. The molecular formula is C17H16BrNO2. The van der Waals surface area contributed by atoms with Crippen molar-refractivity contribution < 1.29 is 9.53 Å². The van der Waals surface area contributed by atoms with Crippen molar-refractivity contribution in [3.63, 3.8) is 0 Å². The monoisotopic (exact) mass is 345 g/mol. The smallest absolute Gasteiger partial charge is 0.330 e. The molecule has 0 aromatic heterocycles. The largest absolute Gasteiger partial charge is 0.466 e. The predicted molar refractivity (Wildman–Crippen MR) is 89.0 cm³/mol. The third-order valence-electron chi connectivity index (χ3n) is 2.91. The number of ether oxygens (including phenoxy) is 1. The van der Waals surface area contributed by atoms with Crippen LogP contribution in [0.3, 0.4) is 0 Å². The topological polar surface area (TPSA) is 38.3 Å². The summed E-state index contributed by atoms with van der Waals surface area (Å²) in [6.45, 7) is 0.747. The summed E-state index contributed by atoms with van der Waals surface area (Å²) in [7, 11) is 1.36. The highest BCUT2D eigenvalue weighted by atomic mass is 79.9. The maximum absolute atomic E-state index is 11.1. The molecule has 3 nitrogen and oxygen atoms in total. The lowest BCUT2D eigenvalue weighted by molar-refractivity contribution is -0.134. The van der Waals surface area contributed by atoms with Gasteiger partial charge in [0.25, 0.3) is 0 Å². The molecule has 1 N–H and O–H groups in total. The van der Waals surface area contributed by atoms with E-state index in [2.05, 4.69) is 38.1 Å². The molecule has 2 rings (SSSR count). The van der Waals surface area contributed by atoms with Gasteiger partial charge in [-0.2, -0.15) is 0 Å². The molecule has 0 aliphatic rings. The van der Waals surface area contributed by atoms with Crippen LogP contribution in [-0.4, -0.2) is 13.1 Å². The standard InChI is InChI=1S/C17H16BrNO2/c1-21-17(20)10-7-13-3-2-4-16(11-13)19-12-14-5-8-15(18)9-6-14/h2-11,19H,12H2,1H3/b10-7+. The Morgan fingerprint density at radius 1 is 1.24 bits per heavy atom. The lowest BCUT2D eigenvalue weighted by Gasteiger charge is -2.07. The molecule has 0 bridgehead atoms. The highest BCUT2D eigenvalue weighted by molar-refractivity contribution is 9.10. The Bertz CT molecular complexity index is 635. The second kappa shape index (κ2) is 7.64. The summed E-state index contributed by atoms with van der Waals surface area (Å²) < 4.78 is 5.64. The van der Waals surface area contributed by atoms with Crippen LogP contribution in [0.4, 0.5) is 5.69 Å². The van der Waals surface area contributed by atoms with Crippen molar-refractivity contribution in [1.82, 2.24) is 0 Å². The van der Waals surface area contributed by atoms with Crippen LogP contribution in [0.1, 0.15) is 11.1 Å². The highest BCUT2D eigenvalue weighted by Gasteiger charge is 1.97. The average molecular weight is 346 g/mol. The van der Waals surface area contributed by atoms with E-state index < -0.39 is 0 Å². The number of esters is 1. The van der Waals surface area contributed by atoms with Gasteiger partial charge < -0.3 is 10.1 Å². The maximum atomic E-state index is 11.1. The van der Waals surface area contributed by atoms with Gasteiger partial charge in [-0.1, -0.05) is 40.2 Å². The fourth-order valence-corrected chi connectivity index (χ4v) is 2.06. The van der Waals surface area contributed by atoms with Gasteiger partial charge in [0.05, 0.1) is 7.11 Å². The molecule has 0 saturated carbocycles. The normalized spacial score (nSPS) is 10.6. The predicted octanol–water partition coefficient (Wildman–Crippen LogP) is 4.25. The zero-order chi connectivity index (χ0) is 15.1. The van der Waals surface area contributed by atoms with Crippen LogP contribution in [0.25, 0.3) is 6.08 Å². The molecule has 0 saturated heterocycles. The number of rotatable bonds is 5. The van der Waals surface area contributed by atoms with Gasteiger partial charge in [-0.05, 0) is 41.5 Å². The van der Waals surface area contributed by atoms with Gasteiger partial charge in [0, 0.05) is 22.8 Å². The molecule has 0 spiro atoms. The lowest BCUT2D eigenvalue weighted by Crippen LogP contribution is -1.99. The van der Waals surface area contributed by atoms with Crippen LogP contribution in [0.15, 0.2) is 59.1 Å². The highest BCUT2D eigenvalue weighted by Crippen LogP contribution is 2.15. The van der Waals surface area contributed by atoms with E-state index in [9.17, 15) is 4.79 Å². The van der Waals surface area contributed by atoms with Crippen molar-refractivity contribution >= 4 is 33.7 Å². The van der Waals surface area contributed by atoms with Gasteiger partial charge in [-0.15, -0.1) is 0 Å². The Hall–Kier alpha value is -2.07. The second-order valence-corrected chi connectivity index (χ2v) is 5.38. The number of methoxy groups -OCH3 is 1. The summed E-state index contributed by atoms with van der Waals surface area (Å²) in [6.07, 6.45) is 3.14. The number of carbonyl (C=O) groups is 1. The number of hydrogen-bond acceptors (Lipinski definition) is 3. The molecule has 0 radical (unpaired) electrons. The molecule has 108 valence electrons. The first-order chi connectivity index (χ1) is 10.2. The minimum absolute atomic E-state index is 0.358. The van der Waals surface area contributed by atoms with Crippen LogP contribution in [0, 0.1) is 0 Å². The summed E-state index contributed by atoms with van der Waals surface area (Å²) >= 11 is 3.42. The van der Waals surface area contributed by atoms with Crippen LogP contribution in [0.5, 0.6) is 0 Å². The molecule has 0 fully saturated rings. The fourth-order valence-electron chi connectivity index (χ4n) is 1.79. The zero-order valence-electron chi connectivity index (χ0n) is 11.7. The molecular weight excluding hydrogens is 330 g/mol. The van der Waals surface area contributed by atoms with Gasteiger partial charge in [-0.25, -0.2) is 4.79 Å². The van der Waals surface area contributed by atoms with E-state index in [4.69, 9.17) is 0 Å². The van der Waals surface area contributed by atoms with Crippen LogP contribution < -0.4 is 5.32 Å². The SMILES string of the molecule is COC(=O)/C=C/c1cccc(NCc2ccc(Br)cc2)c1. The number of benzene rings is 2. The first-order valence-corrected chi connectivity index (χ1v) is 7.31. The van der Waals surface area contributed by atoms with Crippen molar-refractivity contribution in [3.8, 4) is 0 Å².